The summed E-state index contributed by atoms with van der Waals surface area (Å²) in [4.78, 5) is 22.7. The Labute approximate surface area is 130 Å². The molecule has 0 amide bonds. The van der Waals surface area contributed by atoms with E-state index in [1.54, 1.807) is 20.0 Å². The topological polar surface area (TPSA) is 109 Å². The van der Waals surface area contributed by atoms with Gasteiger partial charge in [-0.05, 0) is 24.8 Å². The smallest absolute Gasteiger partial charge is 0.349 e. The molecular weight excluding hydrogens is 306 g/mol. The third kappa shape index (κ3) is 2.45. The minimum Gasteiger partial charge on any atom is -0.477 e. The average Bonchev–Trinajstić information content (AvgIpc) is 2.71. The summed E-state index contributed by atoms with van der Waals surface area (Å²) < 4.78 is 1.82. The lowest BCUT2D eigenvalue weighted by Gasteiger charge is -2.04. The molecular formula is C14H15N3O4S. The van der Waals surface area contributed by atoms with Crippen molar-refractivity contribution >= 4 is 40.0 Å². The molecule has 116 valence electrons. The molecule has 2 N–H and O–H groups in total. The molecule has 0 spiro atoms. The van der Waals surface area contributed by atoms with Gasteiger partial charge in [-0.1, -0.05) is 0 Å². The number of aromatic nitrogens is 1. The van der Waals surface area contributed by atoms with Crippen molar-refractivity contribution in [2.24, 2.45) is 7.05 Å². The van der Waals surface area contributed by atoms with Gasteiger partial charge in [0, 0.05) is 30.1 Å². The molecule has 0 aliphatic heterocycles. The number of hydrogen-bond acceptors (Lipinski definition) is 5. The number of nitro benzene ring substituents is 1. The molecule has 0 bridgehead atoms. The Balaban J connectivity index is 2.85. The molecule has 0 fully saturated rings. The van der Waals surface area contributed by atoms with Gasteiger partial charge in [-0.3, -0.25) is 15.5 Å². The fourth-order valence-corrected chi connectivity index (χ4v) is 3.16. The summed E-state index contributed by atoms with van der Waals surface area (Å²) in [6, 6.07) is 3.12. The number of benzene rings is 1. The Morgan fingerprint density at radius 3 is 2.64 bits per heavy atom. The van der Waals surface area contributed by atoms with Crippen LogP contribution < -0.4 is 0 Å². The molecule has 0 aliphatic rings. The summed E-state index contributed by atoms with van der Waals surface area (Å²) in [6.45, 7) is 1.78. The van der Waals surface area contributed by atoms with Crippen LogP contribution in [0.2, 0.25) is 0 Å². The van der Waals surface area contributed by atoms with Crippen LogP contribution in [0.3, 0.4) is 0 Å². The van der Waals surface area contributed by atoms with Crippen molar-refractivity contribution in [3.8, 4) is 0 Å². The maximum Gasteiger partial charge on any atom is 0.349 e. The van der Waals surface area contributed by atoms with E-state index in [1.807, 2.05) is 10.8 Å². The summed E-state index contributed by atoms with van der Waals surface area (Å²) in [7, 11) is 1.79. The summed E-state index contributed by atoms with van der Waals surface area (Å²) in [6.07, 6.45) is 1.74. The van der Waals surface area contributed by atoms with Gasteiger partial charge in [0.15, 0.2) is 0 Å². The van der Waals surface area contributed by atoms with Gasteiger partial charge in [0.2, 0.25) is 0 Å². The van der Waals surface area contributed by atoms with Gasteiger partial charge in [-0.15, -0.1) is 11.8 Å². The fourth-order valence-electron chi connectivity index (χ4n) is 2.53. The van der Waals surface area contributed by atoms with Crippen molar-refractivity contribution in [3.05, 3.63) is 33.5 Å². The zero-order valence-corrected chi connectivity index (χ0v) is 13.2. The number of rotatable bonds is 5. The van der Waals surface area contributed by atoms with Gasteiger partial charge in [0.05, 0.1) is 15.8 Å². The van der Waals surface area contributed by atoms with E-state index >= 15 is 0 Å². The van der Waals surface area contributed by atoms with E-state index in [0.717, 1.165) is 10.6 Å². The maximum atomic E-state index is 11.3. The minimum atomic E-state index is -1.32. The van der Waals surface area contributed by atoms with Crippen LogP contribution in [-0.4, -0.2) is 32.5 Å². The van der Waals surface area contributed by atoms with Crippen LogP contribution in [0, 0.1) is 22.4 Å². The number of carbonyl (C=O) groups is 1. The zero-order valence-electron chi connectivity index (χ0n) is 12.3. The standard InChI is InChI=1S/C14H15N3O4S/c1-7-8(6-9(15)14(18)19)12-10(17(20)21)4-5-11(22-3)13(12)16(7)2/h4-5,15H,6H2,1-3H3,(H,18,19). The second-order valence-electron chi connectivity index (χ2n) is 4.85. The highest BCUT2D eigenvalue weighted by molar-refractivity contribution is 7.98. The lowest BCUT2D eigenvalue weighted by molar-refractivity contribution is -0.383. The van der Waals surface area contributed by atoms with E-state index in [-0.39, 0.29) is 12.1 Å². The van der Waals surface area contributed by atoms with Crippen LogP contribution in [0.4, 0.5) is 5.69 Å². The maximum absolute atomic E-state index is 11.3. The number of aryl methyl sites for hydroxylation is 1. The summed E-state index contributed by atoms with van der Waals surface area (Å²) in [5.41, 5.74) is 1.40. The van der Waals surface area contributed by atoms with E-state index in [2.05, 4.69) is 0 Å². The number of nitrogens with zero attached hydrogens (tertiary/aromatic N) is 2. The second kappa shape index (κ2) is 5.80. The number of hydrogen-bond donors (Lipinski definition) is 2. The normalized spacial score (nSPS) is 10.9. The van der Waals surface area contributed by atoms with E-state index in [4.69, 9.17) is 10.5 Å². The first-order chi connectivity index (χ1) is 10.3. The Hall–Kier alpha value is -2.35. The monoisotopic (exact) mass is 321 g/mol. The SMILES string of the molecule is CSc1ccc([N+](=O)[O-])c2c(CC(=N)C(=O)O)c(C)n(C)c12. The minimum absolute atomic E-state index is 0.0651. The zero-order chi connectivity index (χ0) is 16.6. The van der Waals surface area contributed by atoms with Crippen molar-refractivity contribution in [2.45, 2.75) is 18.2 Å². The largest absolute Gasteiger partial charge is 0.477 e. The molecule has 0 unspecified atom stereocenters. The van der Waals surface area contributed by atoms with Gasteiger partial charge < -0.3 is 9.67 Å². The van der Waals surface area contributed by atoms with Crippen LogP contribution in [0.15, 0.2) is 17.0 Å². The number of nitrogens with one attached hydrogen (secondary N) is 1. The fraction of sp³-hybridized carbons (Fsp3) is 0.286. The summed E-state index contributed by atoms with van der Waals surface area (Å²) >= 11 is 1.47. The van der Waals surface area contributed by atoms with E-state index in [9.17, 15) is 14.9 Å². The first kappa shape index (κ1) is 16.0. The molecule has 1 aromatic heterocycles. The second-order valence-corrected chi connectivity index (χ2v) is 5.70. The van der Waals surface area contributed by atoms with E-state index in [1.165, 1.54) is 17.8 Å². The van der Waals surface area contributed by atoms with Gasteiger partial charge in [0.25, 0.3) is 5.69 Å². The predicted molar refractivity (Wildman–Crippen MR) is 85.2 cm³/mol. The number of fused-ring (bicyclic) bond motifs is 1. The highest BCUT2D eigenvalue weighted by Gasteiger charge is 2.25. The number of aliphatic carboxylic acids is 1. The first-order valence-electron chi connectivity index (χ1n) is 6.39. The summed E-state index contributed by atoms with van der Waals surface area (Å²) in [5.74, 6) is -1.32. The lowest BCUT2D eigenvalue weighted by atomic mass is 10.0. The summed E-state index contributed by atoms with van der Waals surface area (Å²) in [5, 5.41) is 28.2. The van der Waals surface area contributed by atoms with Crippen molar-refractivity contribution in [1.82, 2.24) is 4.57 Å². The third-order valence-electron chi connectivity index (χ3n) is 3.72. The van der Waals surface area contributed by atoms with Crippen LogP contribution in [0.1, 0.15) is 11.3 Å². The number of carboxylic acids is 1. The molecule has 0 radical (unpaired) electrons. The molecule has 7 nitrogen and oxygen atoms in total. The van der Waals surface area contributed by atoms with Crippen molar-refractivity contribution in [1.29, 1.82) is 5.41 Å². The molecule has 8 heteroatoms. The molecule has 0 atom stereocenters. The molecule has 2 aromatic rings. The van der Waals surface area contributed by atoms with Gasteiger partial charge in [-0.2, -0.15) is 0 Å². The Morgan fingerprint density at radius 1 is 1.50 bits per heavy atom. The quantitative estimate of drug-likeness (QED) is 0.381. The average molecular weight is 321 g/mol. The van der Waals surface area contributed by atoms with Crippen LogP contribution in [-0.2, 0) is 18.3 Å². The number of non-ortho nitro benzene ring substituents is 1. The molecule has 22 heavy (non-hydrogen) atoms. The van der Waals surface area contributed by atoms with Crippen molar-refractivity contribution < 1.29 is 14.8 Å². The highest BCUT2D eigenvalue weighted by atomic mass is 32.2. The third-order valence-corrected chi connectivity index (χ3v) is 4.49. The predicted octanol–water partition coefficient (Wildman–Crippen LogP) is 2.76. The number of thioether (sulfide) groups is 1. The van der Waals surface area contributed by atoms with E-state index < -0.39 is 16.6 Å². The molecule has 0 saturated heterocycles. The Morgan fingerprint density at radius 2 is 2.14 bits per heavy atom. The highest BCUT2D eigenvalue weighted by Crippen LogP contribution is 2.38. The van der Waals surface area contributed by atoms with Crippen molar-refractivity contribution in [2.75, 3.05) is 6.26 Å². The van der Waals surface area contributed by atoms with Crippen LogP contribution in [0.25, 0.3) is 10.9 Å². The van der Waals surface area contributed by atoms with E-state index in [0.29, 0.717) is 16.5 Å². The number of nitro groups is 1. The number of carboxylic acid groups (broad SMARTS) is 1. The van der Waals surface area contributed by atoms with Crippen LogP contribution in [0.5, 0.6) is 0 Å². The van der Waals surface area contributed by atoms with Crippen molar-refractivity contribution in [3.63, 3.8) is 0 Å². The molecule has 1 aromatic carbocycles. The van der Waals surface area contributed by atoms with Gasteiger partial charge >= 0.3 is 5.97 Å². The molecule has 0 aliphatic carbocycles. The van der Waals surface area contributed by atoms with Gasteiger partial charge in [0.1, 0.15) is 5.71 Å². The lowest BCUT2D eigenvalue weighted by Crippen LogP contribution is -2.14. The Bertz CT molecular complexity index is 810. The van der Waals surface area contributed by atoms with Gasteiger partial charge in [-0.25, -0.2) is 4.79 Å². The Kier molecular flexibility index (Phi) is 4.23. The molecule has 2 rings (SSSR count). The molecule has 1 heterocycles. The first-order valence-corrected chi connectivity index (χ1v) is 7.62. The molecule has 0 saturated carbocycles. The van der Waals surface area contributed by atoms with Crippen LogP contribution >= 0.6 is 11.8 Å².